The van der Waals surface area contributed by atoms with Crippen molar-refractivity contribution < 1.29 is 9.13 Å². The summed E-state index contributed by atoms with van der Waals surface area (Å²) in [5.41, 5.74) is 2.32. The summed E-state index contributed by atoms with van der Waals surface area (Å²) in [6.07, 6.45) is 5.05. The second-order valence-corrected chi connectivity index (χ2v) is 6.13. The monoisotopic (exact) mass is 292 g/mol. The van der Waals surface area contributed by atoms with Gasteiger partial charge >= 0.3 is 0 Å². The number of hydrogen-bond acceptors (Lipinski definition) is 3. The van der Waals surface area contributed by atoms with Crippen LogP contribution in [0.1, 0.15) is 31.7 Å². The van der Waals surface area contributed by atoms with E-state index in [9.17, 15) is 4.39 Å². The van der Waals surface area contributed by atoms with E-state index in [1.54, 1.807) is 12.1 Å². The molecule has 0 bridgehead atoms. The summed E-state index contributed by atoms with van der Waals surface area (Å²) in [4.78, 5) is 2.28. The molecule has 1 saturated heterocycles. The number of benzene rings is 1. The number of nitrogens with zero attached hydrogens (tertiary/aromatic N) is 1. The predicted octanol–water partition coefficient (Wildman–Crippen LogP) is 2.74. The minimum absolute atomic E-state index is 0.144. The molecule has 0 amide bonds. The molecular weight excluding hydrogens is 267 g/mol. The summed E-state index contributed by atoms with van der Waals surface area (Å²) in [6.45, 7) is 6.06. The van der Waals surface area contributed by atoms with Crippen LogP contribution in [0.5, 0.6) is 0 Å². The minimum atomic E-state index is -0.144. The Hall–Kier alpha value is -1.13. The fraction of sp³-hybridized carbons (Fsp3) is 0.647. The van der Waals surface area contributed by atoms with Crippen molar-refractivity contribution in [2.75, 3.05) is 31.1 Å². The standard InChI is InChI=1S/C17H25FN2O/c1-2-8-19-11-15-5-6-16(21-15)12-20-9-7-13-3-4-14(18)10-17(13)20/h3-4,10,15-16,19H,2,5-9,11-12H2,1H3. The first kappa shape index (κ1) is 14.8. The van der Waals surface area contributed by atoms with E-state index in [2.05, 4.69) is 17.1 Å². The molecule has 21 heavy (non-hydrogen) atoms. The van der Waals surface area contributed by atoms with Crippen LogP contribution in [0.25, 0.3) is 0 Å². The highest BCUT2D eigenvalue weighted by Gasteiger charge is 2.29. The molecule has 2 aliphatic heterocycles. The van der Waals surface area contributed by atoms with E-state index in [1.807, 2.05) is 6.07 Å². The van der Waals surface area contributed by atoms with Gasteiger partial charge in [0.25, 0.3) is 0 Å². The Morgan fingerprint density at radius 3 is 3.05 bits per heavy atom. The highest BCUT2D eigenvalue weighted by molar-refractivity contribution is 5.58. The van der Waals surface area contributed by atoms with Crippen LogP contribution in [-0.4, -0.2) is 38.4 Å². The third-order valence-electron chi connectivity index (χ3n) is 4.46. The van der Waals surface area contributed by atoms with Crippen LogP contribution >= 0.6 is 0 Å². The van der Waals surface area contributed by atoms with E-state index >= 15 is 0 Å². The first-order valence-electron chi connectivity index (χ1n) is 8.16. The molecule has 2 unspecified atom stereocenters. The summed E-state index contributed by atoms with van der Waals surface area (Å²) in [5, 5.41) is 3.43. The van der Waals surface area contributed by atoms with Crippen LogP contribution in [0.3, 0.4) is 0 Å². The summed E-state index contributed by atoms with van der Waals surface area (Å²) < 4.78 is 19.5. The molecule has 0 radical (unpaired) electrons. The molecule has 3 rings (SSSR count). The number of rotatable bonds is 6. The van der Waals surface area contributed by atoms with Gasteiger partial charge in [0.1, 0.15) is 5.82 Å². The molecule has 0 aliphatic carbocycles. The molecule has 1 N–H and O–H groups in total. The van der Waals surface area contributed by atoms with Crippen molar-refractivity contribution in [2.24, 2.45) is 0 Å². The zero-order valence-electron chi connectivity index (χ0n) is 12.8. The number of fused-ring (bicyclic) bond motifs is 1. The van der Waals surface area contributed by atoms with E-state index in [-0.39, 0.29) is 11.9 Å². The normalized spacial score (nSPS) is 24.6. The van der Waals surface area contributed by atoms with Gasteiger partial charge in [0.05, 0.1) is 12.2 Å². The number of ether oxygens (including phenoxy) is 1. The molecule has 2 atom stereocenters. The van der Waals surface area contributed by atoms with Crippen LogP contribution < -0.4 is 10.2 Å². The van der Waals surface area contributed by atoms with Crippen molar-refractivity contribution in [2.45, 2.75) is 44.8 Å². The van der Waals surface area contributed by atoms with Gasteiger partial charge in [-0.1, -0.05) is 13.0 Å². The van der Waals surface area contributed by atoms with E-state index in [0.29, 0.717) is 6.10 Å². The summed E-state index contributed by atoms with van der Waals surface area (Å²) >= 11 is 0. The van der Waals surface area contributed by atoms with Crippen LogP contribution in [0.15, 0.2) is 18.2 Å². The lowest BCUT2D eigenvalue weighted by atomic mass is 10.1. The van der Waals surface area contributed by atoms with E-state index < -0.39 is 0 Å². The maximum absolute atomic E-state index is 13.4. The van der Waals surface area contributed by atoms with Crippen molar-refractivity contribution in [3.63, 3.8) is 0 Å². The minimum Gasteiger partial charge on any atom is -0.372 e. The van der Waals surface area contributed by atoms with Gasteiger partial charge in [0, 0.05) is 25.3 Å². The average molecular weight is 292 g/mol. The molecule has 116 valence electrons. The molecule has 0 spiro atoms. The second-order valence-electron chi connectivity index (χ2n) is 6.13. The Balaban J connectivity index is 1.52. The van der Waals surface area contributed by atoms with Crippen molar-refractivity contribution >= 4 is 5.69 Å². The zero-order valence-corrected chi connectivity index (χ0v) is 12.8. The molecular formula is C17H25FN2O. The van der Waals surface area contributed by atoms with Crippen LogP contribution in [0.4, 0.5) is 10.1 Å². The van der Waals surface area contributed by atoms with Crippen molar-refractivity contribution in [3.05, 3.63) is 29.6 Å². The summed E-state index contributed by atoms with van der Waals surface area (Å²) in [6, 6.07) is 5.14. The molecule has 0 aromatic heterocycles. The Bertz CT molecular complexity index is 480. The fourth-order valence-electron chi connectivity index (χ4n) is 3.36. The van der Waals surface area contributed by atoms with Crippen LogP contribution in [0, 0.1) is 5.82 Å². The number of halogens is 1. The maximum Gasteiger partial charge on any atom is 0.125 e. The second kappa shape index (κ2) is 6.75. The lowest BCUT2D eigenvalue weighted by Gasteiger charge is -2.23. The van der Waals surface area contributed by atoms with Crippen molar-refractivity contribution in [3.8, 4) is 0 Å². The SMILES string of the molecule is CCCNCC1CCC(CN2CCc3ccc(F)cc32)O1. The van der Waals surface area contributed by atoms with Crippen LogP contribution in [-0.2, 0) is 11.2 Å². The summed E-state index contributed by atoms with van der Waals surface area (Å²) in [5.74, 6) is -0.144. The van der Waals surface area contributed by atoms with Gasteiger partial charge in [-0.2, -0.15) is 0 Å². The highest BCUT2D eigenvalue weighted by atomic mass is 19.1. The number of nitrogens with one attached hydrogen (secondary N) is 1. The fourth-order valence-corrected chi connectivity index (χ4v) is 3.36. The topological polar surface area (TPSA) is 24.5 Å². The van der Waals surface area contributed by atoms with Crippen molar-refractivity contribution in [1.82, 2.24) is 5.32 Å². The quantitative estimate of drug-likeness (QED) is 0.816. The Morgan fingerprint density at radius 2 is 2.19 bits per heavy atom. The third-order valence-corrected chi connectivity index (χ3v) is 4.46. The molecule has 2 aliphatic rings. The van der Waals surface area contributed by atoms with Gasteiger partial charge in [0.15, 0.2) is 0 Å². The highest BCUT2D eigenvalue weighted by Crippen LogP contribution is 2.30. The van der Waals surface area contributed by atoms with Gasteiger partial charge in [-0.25, -0.2) is 4.39 Å². The first-order valence-corrected chi connectivity index (χ1v) is 8.16. The van der Waals surface area contributed by atoms with Gasteiger partial charge in [-0.15, -0.1) is 0 Å². The Kier molecular flexibility index (Phi) is 4.76. The molecule has 1 fully saturated rings. The Morgan fingerprint density at radius 1 is 1.33 bits per heavy atom. The van der Waals surface area contributed by atoms with E-state index in [0.717, 1.165) is 57.5 Å². The molecule has 3 nitrogen and oxygen atoms in total. The van der Waals surface area contributed by atoms with Crippen LogP contribution in [0.2, 0.25) is 0 Å². The summed E-state index contributed by atoms with van der Waals surface area (Å²) in [7, 11) is 0. The molecule has 0 saturated carbocycles. The predicted molar refractivity (Wildman–Crippen MR) is 83.4 cm³/mol. The number of hydrogen-bond donors (Lipinski definition) is 1. The lowest BCUT2D eigenvalue weighted by molar-refractivity contribution is 0.0497. The molecule has 2 heterocycles. The van der Waals surface area contributed by atoms with Crippen molar-refractivity contribution in [1.29, 1.82) is 0 Å². The largest absolute Gasteiger partial charge is 0.372 e. The average Bonchev–Trinajstić information content (AvgIpc) is 3.07. The smallest absolute Gasteiger partial charge is 0.125 e. The van der Waals surface area contributed by atoms with Gasteiger partial charge in [-0.05, 0) is 49.9 Å². The van der Waals surface area contributed by atoms with E-state index in [4.69, 9.17) is 4.74 Å². The van der Waals surface area contributed by atoms with Gasteiger partial charge in [0.2, 0.25) is 0 Å². The molecule has 1 aromatic carbocycles. The maximum atomic E-state index is 13.4. The van der Waals surface area contributed by atoms with Gasteiger partial charge < -0.3 is 15.0 Å². The molecule has 1 aromatic rings. The third kappa shape index (κ3) is 3.55. The Labute approximate surface area is 126 Å². The van der Waals surface area contributed by atoms with Gasteiger partial charge in [-0.3, -0.25) is 0 Å². The van der Waals surface area contributed by atoms with E-state index in [1.165, 1.54) is 5.56 Å². The number of anilines is 1. The molecule has 4 heteroatoms. The lowest BCUT2D eigenvalue weighted by Crippen LogP contribution is -2.33. The zero-order chi connectivity index (χ0) is 14.7. The first-order chi connectivity index (χ1) is 10.3.